The molecule has 0 atom stereocenters. The number of alkyl halides is 3. The third-order valence-corrected chi connectivity index (χ3v) is 4.64. The maximum absolute atomic E-state index is 13.0. The van der Waals surface area contributed by atoms with E-state index in [9.17, 15) is 13.2 Å². The second-order valence-electron chi connectivity index (χ2n) is 6.52. The van der Waals surface area contributed by atoms with Crippen LogP contribution in [0.15, 0.2) is 18.2 Å². The average Bonchev–Trinajstić information content (AvgIpc) is 3.25. The second-order valence-corrected chi connectivity index (χ2v) is 6.52. The van der Waals surface area contributed by atoms with Gasteiger partial charge < -0.3 is 4.90 Å². The molecule has 1 aromatic carbocycles. The Bertz CT molecular complexity index is 630. The molecule has 0 bridgehead atoms. The van der Waals surface area contributed by atoms with Gasteiger partial charge in [-0.05, 0) is 57.2 Å². The molecule has 1 nitrogen and oxygen atoms in total. The summed E-state index contributed by atoms with van der Waals surface area (Å²) in [6, 6.07) is 6.18. The molecule has 118 valence electrons. The lowest BCUT2D eigenvalue weighted by molar-refractivity contribution is -0.168. The zero-order chi connectivity index (χ0) is 16.0. The summed E-state index contributed by atoms with van der Waals surface area (Å²) in [5.41, 5.74) is 1.25. The third kappa shape index (κ3) is 2.58. The Kier molecular flexibility index (Phi) is 3.63. The molecule has 0 aromatic heterocycles. The summed E-state index contributed by atoms with van der Waals surface area (Å²) in [7, 11) is 0. The lowest BCUT2D eigenvalue weighted by Gasteiger charge is -2.35. The number of hydrogen-bond acceptors (Lipinski definition) is 1. The Labute approximate surface area is 129 Å². The Balaban J connectivity index is 1.96. The van der Waals surface area contributed by atoms with Crippen LogP contribution in [0, 0.1) is 17.3 Å². The summed E-state index contributed by atoms with van der Waals surface area (Å²) in [6.45, 7) is 5.26. The number of benzene rings is 1. The van der Waals surface area contributed by atoms with Crippen molar-refractivity contribution in [2.24, 2.45) is 5.41 Å². The van der Waals surface area contributed by atoms with Gasteiger partial charge in [-0.2, -0.15) is 13.2 Å². The lowest BCUT2D eigenvalue weighted by atomic mass is 9.95. The predicted molar refractivity (Wildman–Crippen MR) is 81.8 cm³/mol. The van der Waals surface area contributed by atoms with Crippen LogP contribution < -0.4 is 4.90 Å². The van der Waals surface area contributed by atoms with Crippen molar-refractivity contribution < 1.29 is 13.2 Å². The maximum atomic E-state index is 13.0. The van der Waals surface area contributed by atoms with Crippen molar-refractivity contribution in [2.75, 3.05) is 11.4 Å². The zero-order valence-corrected chi connectivity index (χ0v) is 12.9. The molecule has 4 heteroatoms. The van der Waals surface area contributed by atoms with E-state index in [1.54, 1.807) is 0 Å². The number of anilines is 1. The minimum atomic E-state index is -4.21. The van der Waals surface area contributed by atoms with Crippen LogP contribution in [0.25, 0.3) is 0 Å². The Morgan fingerprint density at radius 1 is 1.23 bits per heavy atom. The molecular formula is C18H20F3N. The fourth-order valence-corrected chi connectivity index (χ4v) is 3.10. The number of hydrogen-bond donors (Lipinski definition) is 0. The van der Waals surface area contributed by atoms with Gasteiger partial charge in [0.2, 0.25) is 0 Å². The van der Waals surface area contributed by atoms with Crippen molar-refractivity contribution in [2.45, 2.75) is 51.7 Å². The molecule has 0 saturated heterocycles. The maximum Gasteiger partial charge on any atom is 0.405 e. The van der Waals surface area contributed by atoms with Crippen molar-refractivity contribution in [3.05, 3.63) is 29.3 Å². The van der Waals surface area contributed by atoms with Crippen molar-refractivity contribution >= 4 is 5.69 Å². The summed E-state index contributed by atoms with van der Waals surface area (Å²) in [4.78, 5) is 2.31. The first-order valence-electron chi connectivity index (χ1n) is 7.82. The van der Waals surface area contributed by atoms with E-state index in [1.807, 2.05) is 12.1 Å². The van der Waals surface area contributed by atoms with Crippen LogP contribution >= 0.6 is 0 Å². The van der Waals surface area contributed by atoms with E-state index in [0.29, 0.717) is 6.04 Å². The zero-order valence-electron chi connectivity index (χ0n) is 12.9. The fraction of sp³-hybridized carbons (Fsp3) is 0.556. The molecule has 1 heterocycles. The van der Waals surface area contributed by atoms with E-state index in [1.165, 1.54) is 0 Å². The topological polar surface area (TPSA) is 3.24 Å². The van der Waals surface area contributed by atoms with Crippen molar-refractivity contribution in [1.82, 2.24) is 0 Å². The molecule has 1 aliphatic carbocycles. The van der Waals surface area contributed by atoms with Crippen LogP contribution in [0.3, 0.4) is 0 Å². The monoisotopic (exact) mass is 307 g/mol. The SMILES string of the molecule is CC(C)N1CCCc2c(C#CC3(C(F)(F)F)CC3)cccc21. The predicted octanol–water partition coefficient (Wildman–Crippen LogP) is 4.54. The molecule has 3 rings (SSSR count). The van der Waals surface area contributed by atoms with Crippen molar-refractivity contribution in [3.8, 4) is 11.8 Å². The third-order valence-electron chi connectivity index (χ3n) is 4.64. The first-order chi connectivity index (χ1) is 10.3. The molecule has 1 fully saturated rings. The number of nitrogens with zero attached hydrogens (tertiary/aromatic N) is 1. The van der Waals surface area contributed by atoms with E-state index < -0.39 is 11.6 Å². The van der Waals surface area contributed by atoms with Gasteiger partial charge in [-0.3, -0.25) is 0 Å². The molecule has 2 aliphatic rings. The lowest BCUT2D eigenvalue weighted by Crippen LogP contribution is -2.35. The van der Waals surface area contributed by atoms with Crippen LogP contribution in [-0.2, 0) is 6.42 Å². The average molecular weight is 307 g/mol. The van der Waals surface area contributed by atoms with Crippen LogP contribution in [-0.4, -0.2) is 18.8 Å². The highest BCUT2D eigenvalue weighted by Gasteiger charge is 2.62. The summed E-state index contributed by atoms with van der Waals surface area (Å²) < 4.78 is 39.0. The molecule has 1 aromatic rings. The van der Waals surface area contributed by atoms with E-state index in [4.69, 9.17) is 0 Å². The van der Waals surface area contributed by atoms with Gasteiger partial charge in [0.1, 0.15) is 5.41 Å². The van der Waals surface area contributed by atoms with Gasteiger partial charge in [0.15, 0.2) is 0 Å². The van der Waals surface area contributed by atoms with E-state index in [-0.39, 0.29) is 12.8 Å². The minimum absolute atomic E-state index is 0.136. The molecule has 22 heavy (non-hydrogen) atoms. The van der Waals surface area contributed by atoms with Crippen LogP contribution in [0.4, 0.5) is 18.9 Å². The Morgan fingerprint density at radius 3 is 2.55 bits per heavy atom. The Morgan fingerprint density at radius 2 is 1.95 bits per heavy atom. The number of rotatable bonds is 1. The molecular weight excluding hydrogens is 287 g/mol. The van der Waals surface area contributed by atoms with Gasteiger partial charge in [0, 0.05) is 23.8 Å². The summed E-state index contributed by atoms with van der Waals surface area (Å²) in [5.74, 6) is 5.37. The molecule has 1 saturated carbocycles. The summed E-state index contributed by atoms with van der Waals surface area (Å²) in [5, 5.41) is 0. The Hall–Kier alpha value is -1.63. The van der Waals surface area contributed by atoms with Gasteiger partial charge >= 0.3 is 6.18 Å². The van der Waals surface area contributed by atoms with Gasteiger partial charge in [0.05, 0.1) is 0 Å². The van der Waals surface area contributed by atoms with Crippen molar-refractivity contribution in [3.63, 3.8) is 0 Å². The second kappa shape index (κ2) is 5.22. The van der Waals surface area contributed by atoms with Crippen LogP contribution in [0.2, 0.25) is 0 Å². The highest BCUT2D eigenvalue weighted by Crippen LogP contribution is 2.57. The van der Waals surface area contributed by atoms with Gasteiger partial charge in [0.25, 0.3) is 0 Å². The molecule has 0 radical (unpaired) electrons. The number of fused-ring (bicyclic) bond motifs is 1. The summed E-state index contributed by atoms with van der Waals surface area (Å²) in [6.07, 6.45) is -2.02. The first-order valence-corrected chi connectivity index (χ1v) is 7.82. The van der Waals surface area contributed by atoms with Gasteiger partial charge in [-0.15, -0.1) is 0 Å². The quantitative estimate of drug-likeness (QED) is 0.688. The van der Waals surface area contributed by atoms with Crippen LogP contribution in [0.5, 0.6) is 0 Å². The molecule has 0 N–H and O–H groups in total. The minimum Gasteiger partial charge on any atom is -0.369 e. The molecule has 0 unspecified atom stereocenters. The molecule has 0 amide bonds. The van der Waals surface area contributed by atoms with E-state index in [0.717, 1.165) is 36.2 Å². The largest absolute Gasteiger partial charge is 0.405 e. The van der Waals surface area contributed by atoms with E-state index >= 15 is 0 Å². The van der Waals surface area contributed by atoms with Gasteiger partial charge in [-0.25, -0.2) is 0 Å². The van der Waals surface area contributed by atoms with Crippen molar-refractivity contribution in [1.29, 1.82) is 0 Å². The molecule has 0 spiro atoms. The smallest absolute Gasteiger partial charge is 0.369 e. The normalized spacial score (nSPS) is 19.5. The molecule has 1 aliphatic heterocycles. The highest BCUT2D eigenvalue weighted by molar-refractivity contribution is 5.63. The van der Waals surface area contributed by atoms with Gasteiger partial charge in [-0.1, -0.05) is 17.9 Å². The first kappa shape index (κ1) is 15.3. The fourth-order valence-electron chi connectivity index (χ4n) is 3.10. The van der Waals surface area contributed by atoms with E-state index in [2.05, 4.69) is 36.7 Å². The summed E-state index contributed by atoms with van der Waals surface area (Å²) >= 11 is 0. The standard InChI is InChI=1S/C18H20F3N/c1-13(2)22-12-4-6-15-14(5-3-7-16(15)22)8-9-17(10-11-17)18(19,20)21/h3,5,7,13H,4,6,10-12H2,1-2H3. The number of halogens is 3. The van der Waals surface area contributed by atoms with Crippen LogP contribution in [0.1, 0.15) is 44.2 Å². The highest BCUT2D eigenvalue weighted by atomic mass is 19.4.